The number of ether oxygens (including phenoxy) is 3. The summed E-state index contributed by atoms with van der Waals surface area (Å²) in [5.74, 6) is -0.925. The van der Waals surface area contributed by atoms with Gasteiger partial charge in [-0.2, -0.15) is 0 Å². The second kappa shape index (κ2) is 10.0. The first-order valence-corrected chi connectivity index (χ1v) is 7.45. The maximum absolute atomic E-state index is 11.6. The van der Waals surface area contributed by atoms with E-state index in [2.05, 4.69) is 5.32 Å². The number of carbonyl (C=O) groups is 3. The summed E-state index contributed by atoms with van der Waals surface area (Å²) in [6, 6.07) is 8.12. The molecule has 0 saturated heterocycles. The van der Waals surface area contributed by atoms with E-state index in [9.17, 15) is 14.4 Å². The molecule has 0 radical (unpaired) electrons. The molecule has 0 aliphatic heterocycles. The number of amides is 1. The molecule has 1 aromatic carbocycles. The summed E-state index contributed by atoms with van der Waals surface area (Å²) in [6.45, 7) is 4.99. The maximum Gasteiger partial charge on any atom is 0.412 e. The van der Waals surface area contributed by atoms with E-state index in [0.29, 0.717) is 5.75 Å². The van der Waals surface area contributed by atoms with Crippen molar-refractivity contribution in [3.63, 3.8) is 0 Å². The van der Waals surface area contributed by atoms with Gasteiger partial charge in [0, 0.05) is 12.2 Å². The fourth-order valence-electron chi connectivity index (χ4n) is 1.53. The van der Waals surface area contributed by atoms with Crippen LogP contribution in [0.15, 0.2) is 42.5 Å². The summed E-state index contributed by atoms with van der Waals surface area (Å²) < 4.78 is 14.8. The van der Waals surface area contributed by atoms with Crippen LogP contribution >= 0.6 is 0 Å². The minimum Gasteiger partial charge on any atom is -0.460 e. The highest BCUT2D eigenvalue weighted by Gasteiger charge is 2.11. The van der Waals surface area contributed by atoms with Gasteiger partial charge >= 0.3 is 18.0 Å². The van der Waals surface area contributed by atoms with Gasteiger partial charge in [-0.15, -0.1) is 0 Å². The highest BCUT2D eigenvalue weighted by molar-refractivity contribution is 5.91. The number of para-hydroxylation sites is 1. The van der Waals surface area contributed by atoms with Crippen LogP contribution in [-0.2, 0) is 19.1 Å². The van der Waals surface area contributed by atoms with Crippen molar-refractivity contribution in [3.8, 4) is 5.75 Å². The van der Waals surface area contributed by atoms with Gasteiger partial charge < -0.3 is 19.5 Å². The molecule has 24 heavy (non-hydrogen) atoms. The zero-order valence-electron chi connectivity index (χ0n) is 13.9. The van der Waals surface area contributed by atoms with Crippen molar-refractivity contribution in [2.45, 2.75) is 32.9 Å². The molecule has 0 spiro atoms. The molecule has 0 fully saturated rings. The molecule has 1 N–H and O–H groups in total. The van der Waals surface area contributed by atoms with Crippen LogP contribution < -0.4 is 10.1 Å². The number of nitrogens with one attached hydrogen (secondary N) is 1. The minimum atomic E-state index is -0.708. The highest BCUT2D eigenvalue weighted by atomic mass is 16.6. The van der Waals surface area contributed by atoms with Crippen LogP contribution in [0.1, 0.15) is 20.8 Å². The average molecular weight is 335 g/mol. The van der Waals surface area contributed by atoms with Gasteiger partial charge in [0.2, 0.25) is 0 Å². The molecule has 1 atom stereocenters. The molecule has 0 saturated carbocycles. The van der Waals surface area contributed by atoms with Crippen LogP contribution in [-0.4, -0.2) is 36.8 Å². The molecule has 1 aromatic rings. The van der Waals surface area contributed by atoms with Crippen LogP contribution in [0.25, 0.3) is 0 Å². The van der Waals surface area contributed by atoms with Crippen LogP contribution in [0.2, 0.25) is 0 Å². The standard InChI is InChI=1S/C17H21NO6/c1-12(2)23-16(20)10-9-15(19)22-11-13(3)18-17(21)24-14-7-5-4-6-8-14/h4-10,12-13H,11H2,1-3H3,(H,18,21)/b10-9+/t13-/m1/s1. The Balaban J connectivity index is 2.28. The topological polar surface area (TPSA) is 90.9 Å². The number of esters is 2. The lowest BCUT2D eigenvalue weighted by molar-refractivity contribution is -0.143. The van der Waals surface area contributed by atoms with Crippen LogP contribution in [0, 0.1) is 0 Å². The van der Waals surface area contributed by atoms with E-state index in [0.717, 1.165) is 12.2 Å². The summed E-state index contributed by atoms with van der Waals surface area (Å²) in [4.78, 5) is 34.3. The molecule has 0 bridgehead atoms. The Morgan fingerprint density at radius 3 is 2.29 bits per heavy atom. The molecule has 0 heterocycles. The van der Waals surface area contributed by atoms with E-state index in [-0.39, 0.29) is 12.7 Å². The van der Waals surface area contributed by atoms with Gasteiger partial charge in [0.1, 0.15) is 12.4 Å². The first-order valence-electron chi connectivity index (χ1n) is 7.45. The fourth-order valence-corrected chi connectivity index (χ4v) is 1.53. The van der Waals surface area contributed by atoms with Gasteiger partial charge in [0.05, 0.1) is 12.1 Å². The molecular weight excluding hydrogens is 314 g/mol. The van der Waals surface area contributed by atoms with E-state index >= 15 is 0 Å². The summed E-state index contributed by atoms with van der Waals surface area (Å²) >= 11 is 0. The van der Waals surface area contributed by atoms with Gasteiger partial charge in [-0.3, -0.25) is 0 Å². The molecule has 0 aliphatic carbocycles. The van der Waals surface area contributed by atoms with Gasteiger partial charge in [-0.1, -0.05) is 18.2 Å². The van der Waals surface area contributed by atoms with Crippen LogP contribution in [0.4, 0.5) is 4.79 Å². The lowest BCUT2D eigenvalue weighted by Gasteiger charge is -2.13. The summed E-state index contributed by atoms with van der Waals surface area (Å²) in [5, 5.41) is 2.52. The third kappa shape index (κ3) is 8.57. The number of hydrogen-bond acceptors (Lipinski definition) is 6. The molecule has 0 aliphatic rings. The van der Waals surface area contributed by atoms with Crippen molar-refractivity contribution in [3.05, 3.63) is 42.5 Å². The third-order valence-electron chi connectivity index (χ3n) is 2.50. The van der Waals surface area contributed by atoms with Crippen molar-refractivity contribution < 1.29 is 28.6 Å². The molecule has 7 nitrogen and oxygen atoms in total. The summed E-state index contributed by atoms with van der Waals surface area (Å²) in [5.41, 5.74) is 0. The molecular formula is C17H21NO6. The van der Waals surface area contributed by atoms with E-state index in [1.807, 2.05) is 0 Å². The fraction of sp³-hybridized carbons (Fsp3) is 0.353. The smallest absolute Gasteiger partial charge is 0.412 e. The van der Waals surface area contributed by atoms with Crippen molar-refractivity contribution >= 4 is 18.0 Å². The largest absolute Gasteiger partial charge is 0.460 e. The lowest BCUT2D eigenvalue weighted by atomic mass is 10.3. The van der Waals surface area contributed by atoms with Gasteiger partial charge in [0.25, 0.3) is 0 Å². The number of hydrogen-bond donors (Lipinski definition) is 1. The second-order valence-electron chi connectivity index (χ2n) is 5.20. The van der Waals surface area contributed by atoms with Crippen LogP contribution in [0.3, 0.4) is 0 Å². The molecule has 7 heteroatoms. The normalized spacial score (nSPS) is 11.8. The predicted octanol–water partition coefficient (Wildman–Crippen LogP) is 2.21. The van der Waals surface area contributed by atoms with E-state index in [1.54, 1.807) is 51.1 Å². The molecule has 1 rings (SSSR count). The molecule has 0 unspecified atom stereocenters. The van der Waals surface area contributed by atoms with Crippen molar-refractivity contribution in [2.75, 3.05) is 6.61 Å². The zero-order valence-corrected chi connectivity index (χ0v) is 13.9. The van der Waals surface area contributed by atoms with Gasteiger partial charge in [0.15, 0.2) is 0 Å². The predicted molar refractivity (Wildman–Crippen MR) is 86.4 cm³/mol. The Labute approximate surface area is 140 Å². The van der Waals surface area contributed by atoms with E-state index < -0.39 is 24.1 Å². The Bertz CT molecular complexity index is 582. The van der Waals surface area contributed by atoms with Crippen molar-refractivity contribution in [2.24, 2.45) is 0 Å². The summed E-state index contributed by atoms with van der Waals surface area (Å²) in [6.07, 6.45) is 1.04. The highest BCUT2D eigenvalue weighted by Crippen LogP contribution is 2.08. The monoisotopic (exact) mass is 335 g/mol. The van der Waals surface area contributed by atoms with Crippen molar-refractivity contribution in [1.82, 2.24) is 5.32 Å². The van der Waals surface area contributed by atoms with E-state index in [1.165, 1.54) is 0 Å². The van der Waals surface area contributed by atoms with Gasteiger partial charge in [-0.25, -0.2) is 14.4 Å². The van der Waals surface area contributed by atoms with E-state index in [4.69, 9.17) is 14.2 Å². The molecule has 130 valence electrons. The van der Waals surface area contributed by atoms with Gasteiger partial charge in [-0.05, 0) is 32.9 Å². The lowest BCUT2D eigenvalue weighted by Crippen LogP contribution is -2.38. The molecule has 1 amide bonds. The second-order valence-corrected chi connectivity index (χ2v) is 5.20. The quantitative estimate of drug-likeness (QED) is 0.607. The Morgan fingerprint density at radius 2 is 1.67 bits per heavy atom. The third-order valence-corrected chi connectivity index (χ3v) is 2.50. The summed E-state index contributed by atoms with van der Waals surface area (Å²) in [7, 11) is 0. The minimum absolute atomic E-state index is 0.0632. The number of benzene rings is 1. The SMILES string of the molecule is CC(C)OC(=O)/C=C/C(=O)OC[C@@H](C)NC(=O)Oc1ccccc1. The zero-order chi connectivity index (χ0) is 17.9. The Hall–Kier alpha value is -2.83. The maximum atomic E-state index is 11.6. The first kappa shape index (κ1) is 19.2. The first-order chi connectivity index (χ1) is 11.4. The Morgan fingerprint density at radius 1 is 1.04 bits per heavy atom. The van der Waals surface area contributed by atoms with Crippen LogP contribution in [0.5, 0.6) is 5.75 Å². The Kier molecular flexibility index (Phi) is 8.04. The number of carbonyl (C=O) groups excluding carboxylic acids is 3. The van der Waals surface area contributed by atoms with Crippen molar-refractivity contribution in [1.29, 1.82) is 0 Å². The number of rotatable bonds is 7. The molecule has 0 aromatic heterocycles. The average Bonchev–Trinajstić information content (AvgIpc) is 2.51.